The Bertz CT molecular complexity index is 706. The molecule has 0 aliphatic heterocycles. The lowest BCUT2D eigenvalue weighted by atomic mass is 9.91. The van der Waals surface area contributed by atoms with Crippen molar-refractivity contribution >= 4 is 16.9 Å². The van der Waals surface area contributed by atoms with Crippen molar-refractivity contribution in [2.75, 3.05) is 6.54 Å². The molecule has 0 bridgehead atoms. The second kappa shape index (κ2) is 6.62. The van der Waals surface area contributed by atoms with Crippen LogP contribution >= 0.6 is 0 Å². The minimum Gasteiger partial charge on any atom is -0.393 e. The third kappa shape index (κ3) is 3.67. The fourth-order valence-electron chi connectivity index (χ4n) is 3.29. The smallest absolute Gasteiger partial charge is 0.315 e. The number of nitrogens with one attached hydrogen (secondary N) is 3. The molecule has 1 aliphatic rings. The van der Waals surface area contributed by atoms with Gasteiger partial charge >= 0.3 is 6.03 Å². The van der Waals surface area contributed by atoms with Crippen LogP contribution in [0, 0.1) is 6.92 Å². The molecule has 23 heavy (non-hydrogen) atoms. The van der Waals surface area contributed by atoms with Crippen molar-refractivity contribution in [1.82, 2.24) is 15.6 Å². The highest BCUT2D eigenvalue weighted by Crippen LogP contribution is 2.29. The van der Waals surface area contributed by atoms with Crippen LogP contribution in [0.2, 0.25) is 0 Å². The standard InChI is InChI=1S/C18H25N3O2/c1-11-3-5-16-14(9-11)15-10-13(4-6-17(15)21-16)20-18(23)19-8-7-12(2)22/h3,5,9,12-13,21-22H,4,6-8,10H2,1-2H3,(H2,19,20,23). The number of benzene rings is 1. The molecule has 1 aromatic carbocycles. The van der Waals surface area contributed by atoms with Crippen LogP contribution in [0.25, 0.3) is 10.9 Å². The van der Waals surface area contributed by atoms with E-state index in [4.69, 9.17) is 0 Å². The number of rotatable bonds is 4. The van der Waals surface area contributed by atoms with Crippen LogP contribution in [0.4, 0.5) is 4.79 Å². The summed E-state index contributed by atoms with van der Waals surface area (Å²) in [5.74, 6) is 0. The summed E-state index contributed by atoms with van der Waals surface area (Å²) in [6.45, 7) is 4.32. The fourth-order valence-corrected chi connectivity index (χ4v) is 3.29. The number of hydrogen-bond acceptors (Lipinski definition) is 2. The summed E-state index contributed by atoms with van der Waals surface area (Å²) < 4.78 is 0. The predicted molar refractivity (Wildman–Crippen MR) is 91.7 cm³/mol. The van der Waals surface area contributed by atoms with Crippen LogP contribution in [0.3, 0.4) is 0 Å². The first-order valence-electron chi connectivity index (χ1n) is 8.35. The Morgan fingerprint density at radius 1 is 1.48 bits per heavy atom. The highest BCUT2D eigenvalue weighted by molar-refractivity contribution is 5.86. The van der Waals surface area contributed by atoms with Gasteiger partial charge in [-0.15, -0.1) is 0 Å². The number of fused-ring (bicyclic) bond motifs is 3. The molecule has 2 unspecified atom stereocenters. The third-order valence-electron chi connectivity index (χ3n) is 4.53. The van der Waals surface area contributed by atoms with Crippen LogP contribution < -0.4 is 10.6 Å². The van der Waals surface area contributed by atoms with Gasteiger partial charge in [-0.05, 0) is 57.2 Å². The number of aromatic amines is 1. The van der Waals surface area contributed by atoms with Gasteiger partial charge in [-0.1, -0.05) is 11.6 Å². The molecule has 0 fully saturated rings. The number of aliphatic hydroxyl groups is 1. The fraction of sp³-hybridized carbons (Fsp3) is 0.500. The molecule has 1 heterocycles. The monoisotopic (exact) mass is 315 g/mol. The van der Waals surface area contributed by atoms with E-state index in [1.807, 2.05) is 0 Å². The summed E-state index contributed by atoms with van der Waals surface area (Å²) >= 11 is 0. The van der Waals surface area contributed by atoms with Crippen LogP contribution in [-0.4, -0.2) is 34.8 Å². The summed E-state index contributed by atoms with van der Waals surface area (Å²) in [6, 6.07) is 6.49. The average Bonchev–Trinajstić information content (AvgIpc) is 2.84. The highest BCUT2D eigenvalue weighted by Gasteiger charge is 2.23. The lowest BCUT2D eigenvalue weighted by molar-refractivity contribution is 0.183. The van der Waals surface area contributed by atoms with E-state index in [-0.39, 0.29) is 18.2 Å². The zero-order chi connectivity index (χ0) is 16.4. The van der Waals surface area contributed by atoms with Gasteiger partial charge in [0.2, 0.25) is 0 Å². The van der Waals surface area contributed by atoms with Gasteiger partial charge in [-0.2, -0.15) is 0 Å². The molecule has 0 radical (unpaired) electrons. The number of hydrogen-bond donors (Lipinski definition) is 4. The molecule has 1 aliphatic carbocycles. The Balaban J connectivity index is 1.64. The van der Waals surface area contributed by atoms with Gasteiger partial charge in [-0.25, -0.2) is 4.79 Å². The number of carbonyl (C=O) groups is 1. The number of aliphatic hydroxyl groups excluding tert-OH is 1. The first-order chi connectivity index (χ1) is 11.0. The minimum absolute atomic E-state index is 0.143. The molecule has 4 N–H and O–H groups in total. The second-order valence-corrected chi connectivity index (χ2v) is 6.61. The number of carbonyl (C=O) groups excluding carboxylic acids is 1. The van der Waals surface area contributed by atoms with Crippen LogP contribution in [0.15, 0.2) is 18.2 Å². The zero-order valence-electron chi connectivity index (χ0n) is 13.8. The number of aryl methyl sites for hydroxylation is 2. The van der Waals surface area contributed by atoms with E-state index in [9.17, 15) is 9.90 Å². The topological polar surface area (TPSA) is 77.2 Å². The van der Waals surface area contributed by atoms with E-state index in [1.165, 1.54) is 27.7 Å². The Kier molecular flexibility index (Phi) is 4.57. The lowest BCUT2D eigenvalue weighted by Crippen LogP contribution is -2.45. The predicted octanol–water partition coefficient (Wildman–Crippen LogP) is 2.40. The average molecular weight is 315 g/mol. The summed E-state index contributed by atoms with van der Waals surface area (Å²) in [7, 11) is 0. The van der Waals surface area contributed by atoms with Crippen molar-refractivity contribution < 1.29 is 9.90 Å². The van der Waals surface area contributed by atoms with Gasteiger partial charge in [0.05, 0.1) is 6.10 Å². The van der Waals surface area contributed by atoms with E-state index >= 15 is 0 Å². The molecule has 5 heteroatoms. The van der Waals surface area contributed by atoms with Crippen molar-refractivity contribution in [2.45, 2.75) is 51.7 Å². The molecule has 3 rings (SSSR count). The largest absolute Gasteiger partial charge is 0.393 e. The quantitative estimate of drug-likeness (QED) is 0.699. The molecule has 5 nitrogen and oxygen atoms in total. The van der Waals surface area contributed by atoms with Gasteiger partial charge in [0, 0.05) is 29.2 Å². The minimum atomic E-state index is -0.387. The summed E-state index contributed by atoms with van der Waals surface area (Å²) in [5.41, 5.74) is 5.08. The number of aromatic nitrogens is 1. The van der Waals surface area contributed by atoms with Crippen molar-refractivity contribution in [3.05, 3.63) is 35.0 Å². The van der Waals surface area contributed by atoms with Crippen molar-refractivity contribution in [3.63, 3.8) is 0 Å². The van der Waals surface area contributed by atoms with E-state index in [0.717, 1.165) is 19.3 Å². The van der Waals surface area contributed by atoms with Gasteiger partial charge in [0.25, 0.3) is 0 Å². The number of H-pyrrole nitrogens is 1. The molecule has 1 aromatic heterocycles. The number of urea groups is 1. The van der Waals surface area contributed by atoms with Crippen LogP contribution in [0.5, 0.6) is 0 Å². The molecule has 0 saturated carbocycles. The Morgan fingerprint density at radius 2 is 2.30 bits per heavy atom. The molecule has 124 valence electrons. The van der Waals surface area contributed by atoms with E-state index in [1.54, 1.807) is 6.92 Å². The molecular weight excluding hydrogens is 290 g/mol. The van der Waals surface area contributed by atoms with E-state index in [2.05, 4.69) is 40.7 Å². The van der Waals surface area contributed by atoms with Crippen LogP contribution in [-0.2, 0) is 12.8 Å². The van der Waals surface area contributed by atoms with E-state index in [0.29, 0.717) is 13.0 Å². The Labute approximate surface area is 136 Å². The number of amides is 2. The molecular formula is C18H25N3O2. The Morgan fingerprint density at radius 3 is 3.09 bits per heavy atom. The highest BCUT2D eigenvalue weighted by atomic mass is 16.3. The van der Waals surface area contributed by atoms with Crippen molar-refractivity contribution in [2.24, 2.45) is 0 Å². The molecule has 0 spiro atoms. The third-order valence-corrected chi connectivity index (χ3v) is 4.53. The van der Waals surface area contributed by atoms with E-state index < -0.39 is 0 Å². The maximum absolute atomic E-state index is 11.9. The summed E-state index contributed by atoms with van der Waals surface area (Å²) in [5, 5.41) is 16.4. The van der Waals surface area contributed by atoms with Gasteiger partial charge in [0.15, 0.2) is 0 Å². The van der Waals surface area contributed by atoms with Crippen molar-refractivity contribution in [1.29, 1.82) is 0 Å². The Hall–Kier alpha value is -2.01. The van der Waals surface area contributed by atoms with Gasteiger partial charge in [0.1, 0.15) is 0 Å². The molecule has 2 atom stereocenters. The molecule has 0 saturated heterocycles. The van der Waals surface area contributed by atoms with Crippen molar-refractivity contribution in [3.8, 4) is 0 Å². The lowest BCUT2D eigenvalue weighted by Gasteiger charge is -2.24. The molecule has 2 aromatic rings. The maximum atomic E-state index is 11.9. The van der Waals surface area contributed by atoms with Crippen LogP contribution in [0.1, 0.15) is 36.6 Å². The normalized spacial score (nSPS) is 18.5. The maximum Gasteiger partial charge on any atom is 0.315 e. The summed E-state index contributed by atoms with van der Waals surface area (Å²) in [4.78, 5) is 15.5. The van der Waals surface area contributed by atoms with Gasteiger partial charge in [-0.3, -0.25) is 0 Å². The first kappa shape index (κ1) is 15.9. The van der Waals surface area contributed by atoms with Gasteiger partial charge < -0.3 is 20.7 Å². The summed E-state index contributed by atoms with van der Waals surface area (Å²) in [6.07, 6.45) is 2.96. The second-order valence-electron chi connectivity index (χ2n) is 6.61. The molecule has 2 amide bonds. The first-order valence-corrected chi connectivity index (χ1v) is 8.35. The SMILES string of the molecule is Cc1ccc2[nH]c3c(c2c1)CC(NC(=O)NCCC(C)O)CC3. The zero-order valence-corrected chi connectivity index (χ0v) is 13.8.